The van der Waals surface area contributed by atoms with Crippen molar-refractivity contribution in [3.05, 3.63) is 47.3 Å². The fourth-order valence-electron chi connectivity index (χ4n) is 2.22. The summed E-state index contributed by atoms with van der Waals surface area (Å²) in [5.41, 5.74) is 2.93. The molecule has 5 nitrogen and oxygen atoms in total. The van der Waals surface area contributed by atoms with Crippen LogP contribution >= 0.6 is 0 Å². The first-order valence-electron chi connectivity index (χ1n) is 7.09. The molecular formula is C17H19NO4. The zero-order valence-electron chi connectivity index (χ0n) is 13.2. The maximum atomic E-state index is 12.2. The van der Waals surface area contributed by atoms with Crippen molar-refractivity contribution in [2.75, 3.05) is 6.61 Å². The molecule has 22 heavy (non-hydrogen) atoms. The van der Waals surface area contributed by atoms with Gasteiger partial charge in [0.05, 0.1) is 12.3 Å². The molecule has 0 spiro atoms. The molecule has 2 rings (SSSR count). The summed E-state index contributed by atoms with van der Waals surface area (Å²) in [4.78, 5) is 23.4. The number of hydrogen-bond acceptors (Lipinski definition) is 4. The van der Waals surface area contributed by atoms with Gasteiger partial charge in [-0.15, -0.1) is 0 Å². The van der Waals surface area contributed by atoms with Gasteiger partial charge in [-0.1, -0.05) is 17.7 Å². The van der Waals surface area contributed by atoms with E-state index in [9.17, 15) is 9.59 Å². The molecular weight excluding hydrogens is 282 g/mol. The van der Waals surface area contributed by atoms with Crippen molar-refractivity contribution in [2.24, 2.45) is 0 Å². The number of hydrogen-bond donors (Lipinski definition) is 0. The second-order valence-electron chi connectivity index (χ2n) is 4.96. The van der Waals surface area contributed by atoms with Gasteiger partial charge in [-0.3, -0.25) is 4.79 Å². The zero-order chi connectivity index (χ0) is 16.3. The number of aryl methyl sites for hydroxylation is 1. The molecule has 1 aromatic carbocycles. The third-order valence-electron chi connectivity index (χ3n) is 3.23. The molecule has 5 heteroatoms. The molecule has 0 amide bonds. The number of esters is 2. The van der Waals surface area contributed by atoms with Crippen molar-refractivity contribution >= 4 is 11.9 Å². The summed E-state index contributed by atoms with van der Waals surface area (Å²) >= 11 is 0. The summed E-state index contributed by atoms with van der Waals surface area (Å²) in [5.74, 6) is -0.528. The third kappa shape index (κ3) is 3.19. The molecule has 116 valence electrons. The largest absolute Gasteiger partial charge is 0.461 e. The number of aromatic nitrogens is 1. The quantitative estimate of drug-likeness (QED) is 0.814. The van der Waals surface area contributed by atoms with Crippen molar-refractivity contribution < 1.29 is 19.1 Å². The van der Waals surface area contributed by atoms with Gasteiger partial charge < -0.3 is 14.0 Å². The maximum absolute atomic E-state index is 12.2. The van der Waals surface area contributed by atoms with Gasteiger partial charge in [0.1, 0.15) is 5.69 Å². The Hall–Kier alpha value is -2.56. The van der Waals surface area contributed by atoms with Gasteiger partial charge in [-0.05, 0) is 32.9 Å². The minimum absolute atomic E-state index is 0.278. The van der Waals surface area contributed by atoms with E-state index in [1.165, 1.54) is 13.0 Å². The van der Waals surface area contributed by atoms with Crippen LogP contribution in [0.4, 0.5) is 0 Å². The molecule has 1 aromatic heterocycles. The Bertz CT molecular complexity index is 698. The Labute approximate surface area is 129 Å². The van der Waals surface area contributed by atoms with Crippen LogP contribution in [0, 0.1) is 13.8 Å². The lowest BCUT2D eigenvalue weighted by Gasteiger charge is -2.11. The summed E-state index contributed by atoms with van der Waals surface area (Å²) in [6, 6.07) is 9.25. The van der Waals surface area contributed by atoms with Crippen molar-refractivity contribution in [2.45, 2.75) is 27.7 Å². The van der Waals surface area contributed by atoms with Gasteiger partial charge >= 0.3 is 11.9 Å². The summed E-state index contributed by atoms with van der Waals surface area (Å²) in [6.07, 6.45) is 0. The summed E-state index contributed by atoms with van der Waals surface area (Å²) < 4.78 is 12.0. The minimum atomic E-state index is -0.454. The lowest BCUT2D eigenvalue weighted by Crippen LogP contribution is -2.11. The standard InChI is InChI=1S/C17H19NO4/c1-5-21-17(20)15-10-16(22-13(4)19)12(3)18(15)14-8-6-11(2)7-9-14/h6-10H,5H2,1-4H3. The van der Waals surface area contributed by atoms with E-state index in [1.54, 1.807) is 18.4 Å². The van der Waals surface area contributed by atoms with Crippen LogP contribution in [0.1, 0.15) is 35.6 Å². The summed E-state index contributed by atoms with van der Waals surface area (Å²) in [5, 5.41) is 0. The van der Waals surface area contributed by atoms with E-state index >= 15 is 0 Å². The number of benzene rings is 1. The van der Waals surface area contributed by atoms with Crippen LogP contribution in [0.2, 0.25) is 0 Å². The van der Waals surface area contributed by atoms with Gasteiger partial charge in [0.2, 0.25) is 0 Å². The monoisotopic (exact) mass is 301 g/mol. The van der Waals surface area contributed by atoms with Crippen molar-refractivity contribution in [1.29, 1.82) is 0 Å². The van der Waals surface area contributed by atoms with Crippen molar-refractivity contribution in [3.8, 4) is 11.4 Å². The Morgan fingerprint density at radius 3 is 2.32 bits per heavy atom. The van der Waals surface area contributed by atoms with Crippen molar-refractivity contribution in [1.82, 2.24) is 4.57 Å². The number of nitrogens with zero attached hydrogens (tertiary/aromatic N) is 1. The molecule has 0 atom stereocenters. The van der Waals surface area contributed by atoms with E-state index in [0.29, 0.717) is 17.1 Å². The van der Waals surface area contributed by atoms with E-state index in [2.05, 4.69) is 0 Å². The fraction of sp³-hybridized carbons (Fsp3) is 0.294. The van der Waals surface area contributed by atoms with Gasteiger partial charge in [0.25, 0.3) is 0 Å². The van der Waals surface area contributed by atoms with E-state index < -0.39 is 11.9 Å². The summed E-state index contributed by atoms with van der Waals surface area (Å²) in [7, 11) is 0. The van der Waals surface area contributed by atoms with Crippen LogP contribution < -0.4 is 4.74 Å². The van der Waals surface area contributed by atoms with Gasteiger partial charge in [-0.2, -0.15) is 0 Å². The molecule has 0 saturated heterocycles. The molecule has 1 heterocycles. The van der Waals surface area contributed by atoms with Crippen LogP contribution in [0.15, 0.2) is 30.3 Å². The fourth-order valence-corrected chi connectivity index (χ4v) is 2.22. The number of carbonyl (C=O) groups is 2. The highest BCUT2D eigenvalue weighted by Gasteiger charge is 2.21. The summed E-state index contributed by atoms with van der Waals surface area (Å²) in [6.45, 7) is 7.13. The van der Waals surface area contributed by atoms with Crippen molar-refractivity contribution in [3.63, 3.8) is 0 Å². The average Bonchev–Trinajstić information content (AvgIpc) is 2.77. The van der Waals surface area contributed by atoms with E-state index in [0.717, 1.165) is 11.3 Å². The Morgan fingerprint density at radius 2 is 1.77 bits per heavy atom. The van der Waals surface area contributed by atoms with E-state index in [4.69, 9.17) is 9.47 Å². The highest BCUT2D eigenvalue weighted by atomic mass is 16.5. The first-order chi connectivity index (χ1) is 10.4. The molecule has 0 fully saturated rings. The van der Waals surface area contributed by atoms with E-state index in [-0.39, 0.29) is 6.61 Å². The number of rotatable bonds is 4. The molecule has 0 N–H and O–H groups in total. The second kappa shape index (κ2) is 6.47. The Morgan fingerprint density at radius 1 is 1.14 bits per heavy atom. The molecule has 0 saturated carbocycles. The zero-order valence-corrected chi connectivity index (χ0v) is 13.2. The highest BCUT2D eigenvalue weighted by molar-refractivity contribution is 5.90. The molecule has 0 aliphatic heterocycles. The predicted molar refractivity (Wildman–Crippen MR) is 82.5 cm³/mol. The Balaban J connectivity index is 2.57. The lowest BCUT2D eigenvalue weighted by atomic mass is 10.2. The third-order valence-corrected chi connectivity index (χ3v) is 3.23. The SMILES string of the molecule is CCOC(=O)c1cc(OC(C)=O)c(C)n1-c1ccc(C)cc1. The van der Waals surface area contributed by atoms with Gasteiger partial charge in [0.15, 0.2) is 5.75 Å². The smallest absolute Gasteiger partial charge is 0.355 e. The normalized spacial score (nSPS) is 10.4. The van der Waals surface area contributed by atoms with Gasteiger partial charge in [0, 0.05) is 18.7 Å². The lowest BCUT2D eigenvalue weighted by molar-refractivity contribution is -0.131. The molecule has 0 radical (unpaired) electrons. The van der Waals surface area contributed by atoms with Crippen LogP contribution in [0.3, 0.4) is 0 Å². The van der Waals surface area contributed by atoms with E-state index in [1.807, 2.05) is 31.2 Å². The van der Waals surface area contributed by atoms with Gasteiger partial charge in [-0.25, -0.2) is 4.79 Å². The van der Waals surface area contributed by atoms with Crippen LogP contribution in [-0.2, 0) is 9.53 Å². The molecule has 0 aliphatic carbocycles. The second-order valence-corrected chi connectivity index (χ2v) is 4.96. The predicted octanol–water partition coefficient (Wildman–Crippen LogP) is 3.20. The molecule has 0 unspecified atom stereocenters. The average molecular weight is 301 g/mol. The maximum Gasteiger partial charge on any atom is 0.355 e. The topological polar surface area (TPSA) is 57.5 Å². The van der Waals surface area contributed by atoms with Crippen LogP contribution in [0.5, 0.6) is 5.75 Å². The first-order valence-corrected chi connectivity index (χ1v) is 7.09. The minimum Gasteiger partial charge on any atom is -0.461 e. The molecule has 2 aromatic rings. The van der Waals surface area contributed by atoms with Crippen LogP contribution in [-0.4, -0.2) is 23.1 Å². The molecule has 0 aliphatic rings. The first kappa shape index (κ1) is 15.8. The highest BCUT2D eigenvalue weighted by Crippen LogP contribution is 2.28. The van der Waals surface area contributed by atoms with Crippen LogP contribution in [0.25, 0.3) is 5.69 Å². The Kier molecular flexibility index (Phi) is 4.65. The molecule has 0 bridgehead atoms. The number of ether oxygens (including phenoxy) is 2. The number of carbonyl (C=O) groups excluding carboxylic acids is 2.